The summed E-state index contributed by atoms with van der Waals surface area (Å²) in [6.07, 6.45) is 3.32. The van der Waals surface area contributed by atoms with E-state index in [4.69, 9.17) is 10.5 Å². The van der Waals surface area contributed by atoms with Gasteiger partial charge in [0.05, 0.1) is 6.04 Å². The average molecular weight is 308 g/mol. The molecule has 1 aliphatic rings. The van der Waals surface area contributed by atoms with E-state index in [1.165, 1.54) is 0 Å². The van der Waals surface area contributed by atoms with Gasteiger partial charge in [-0.25, -0.2) is 4.98 Å². The number of halogens is 2. The number of nitrogens with zero attached hydrogens (tertiary/aromatic N) is 1. The summed E-state index contributed by atoms with van der Waals surface area (Å²) in [5.41, 5.74) is 5.94. The van der Waals surface area contributed by atoms with Crippen LogP contribution in [0.25, 0.3) is 0 Å². The summed E-state index contributed by atoms with van der Waals surface area (Å²) in [5.74, 6) is 0.572. The first-order chi connectivity index (χ1) is 8.27. The Labute approximate surface area is 125 Å². The summed E-state index contributed by atoms with van der Waals surface area (Å²) in [6, 6.07) is 4.88. The lowest BCUT2D eigenvalue weighted by Crippen LogP contribution is -2.44. The Balaban J connectivity index is 0.00000162. The average Bonchev–Trinajstić information content (AvgIpc) is 2.40. The van der Waals surface area contributed by atoms with E-state index in [0.29, 0.717) is 19.0 Å². The molecule has 1 unspecified atom stereocenters. The zero-order valence-corrected chi connectivity index (χ0v) is 12.1. The highest BCUT2D eigenvalue weighted by Crippen LogP contribution is 2.18. The number of nitrogens with two attached hydrogens (primary N) is 1. The number of pyridine rings is 1. The van der Waals surface area contributed by atoms with Crippen molar-refractivity contribution in [2.24, 2.45) is 11.7 Å². The quantitative estimate of drug-likeness (QED) is 0.889. The molecule has 3 N–H and O–H groups in total. The van der Waals surface area contributed by atoms with Gasteiger partial charge in [0, 0.05) is 19.4 Å². The number of carbonyl (C=O) groups is 1. The summed E-state index contributed by atoms with van der Waals surface area (Å²) in [7, 11) is 0. The number of amides is 1. The molecule has 1 amide bonds. The fourth-order valence-corrected chi connectivity index (χ4v) is 1.94. The molecule has 0 bridgehead atoms. The lowest BCUT2D eigenvalue weighted by atomic mass is 9.92. The molecule has 0 aliphatic carbocycles. The number of hydrogen-bond acceptors (Lipinski definition) is 4. The van der Waals surface area contributed by atoms with E-state index in [-0.39, 0.29) is 36.6 Å². The van der Waals surface area contributed by atoms with Crippen molar-refractivity contribution in [1.82, 2.24) is 4.98 Å². The maximum atomic E-state index is 11.9. The van der Waals surface area contributed by atoms with Crippen molar-refractivity contribution >= 4 is 36.5 Å². The van der Waals surface area contributed by atoms with Gasteiger partial charge < -0.3 is 15.8 Å². The molecule has 1 aromatic rings. The minimum absolute atomic E-state index is 0. The highest BCUT2D eigenvalue weighted by Gasteiger charge is 2.26. The molecule has 7 heteroatoms. The van der Waals surface area contributed by atoms with Crippen LogP contribution in [0.15, 0.2) is 24.4 Å². The molecule has 5 nitrogen and oxygen atoms in total. The minimum Gasteiger partial charge on any atom is -0.381 e. The molecular weight excluding hydrogens is 289 g/mol. The van der Waals surface area contributed by atoms with E-state index in [0.717, 1.165) is 12.8 Å². The fourth-order valence-electron chi connectivity index (χ4n) is 1.94. The van der Waals surface area contributed by atoms with Gasteiger partial charge in [0.15, 0.2) is 0 Å². The molecule has 0 radical (unpaired) electrons. The lowest BCUT2D eigenvalue weighted by molar-refractivity contribution is -0.119. The molecule has 108 valence electrons. The first-order valence-corrected chi connectivity index (χ1v) is 5.82. The Morgan fingerprint density at radius 3 is 2.63 bits per heavy atom. The van der Waals surface area contributed by atoms with Crippen LogP contribution in [-0.2, 0) is 9.53 Å². The minimum atomic E-state index is -0.485. The van der Waals surface area contributed by atoms with E-state index in [2.05, 4.69) is 10.3 Å². The van der Waals surface area contributed by atoms with E-state index >= 15 is 0 Å². The third kappa shape index (κ3) is 5.32. The molecule has 1 aromatic heterocycles. The van der Waals surface area contributed by atoms with Crippen molar-refractivity contribution in [3.63, 3.8) is 0 Å². The van der Waals surface area contributed by atoms with Crippen molar-refractivity contribution in [2.75, 3.05) is 18.5 Å². The van der Waals surface area contributed by atoms with Gasteiger partial charge in [-0.05, 0) is 30.9 Å². The number of nitrogens with one attached hydrogen (secondary N) is 1. The normalized spacial score (nSPS) is 16.7. The number of hydrogen-bond donors (Lipinski definition) is 2. The van der Waals surface area contributed by atoms with Crippen LogP contribution in [0.2, 0.25) is 0 Å². The van der Waals surface area contributed by atoms with Crippen molar-refractivity contribution in [2.45, 2.75) is 18.9 Å². The number of anilines is 1. The van der Waals surface area contributed by atoms with Crippen LogP contribution in [-0.4, -0.2) is 30.1 Å². The molecule has 1 atom stereocenters. The molecule has 2 heterocycles. The molecule has 0 saturated carbocycles. The highest BCUT2D eigenvalue weighted by atomic mass is 35.5. The van der Waals surface area contributed by atoms with E-state index in [1.54, 1.807) is 18.3 Å². The predicted molar refractivity (Wildman–Crippen MR) is 78.9 cm³/mol. The van der Waals surface area contributed by atoms with Crippen LogP contribution in [0.5, 0.6) is 0 Å². The molecule has 0 spiro atoms. The first kappa shape index (κ1) is 18.1. The monoisotopic (exact) mass is 307 g/mol. The zero-order chi connectivity index (χ0) is 12.1. The molecule has 1 saturated heterocycles. The van der Waals surface area contributed by atoms with Crippen LogP contribution in [0.3, 0.4) is 0 Å². The van der Waals surface area contributed by atoms with Crippen LogP contribution in [0.1, 0.15) is 12.8 Å². The lowest BCUT2D eigenvalue weighted by Gasteiger charge is -2.26. The Bertz CT molecular complexity index is 372. The topological polar surface area (TPSA) is 77.2 Å². The third-order valence-electron chi connectivity index (χ3n) is 2.99. The Kier molecular flexibility index (Phi) is 8.67. The van der Waals surface area contributed by atoms with Gasteiger partial charge in [-0.1, -0.05) is 6.07 Å². The summed E-state index contributed by atoms with van der Waals surface area (Å²) in [6.45, 7) is 1.38. The van der Waals surface area contributed by atoms with Gasteiger partial charge in [-0.2, -0.15) is 0 Å². The van der Waals surface area contributed by atoms with Crippen molar-refractivity contribution in [3.8, 4) is 0 Å². The van der Waals surface area contributed by atoms with Gasteiger partial charge >= 0.3 is 0 Å². The second-order valence-corrected chi connectivity index (χ2v) is 4.18. The molecule has 0 aromatic carbocycles. The molecular formula is C12H19Cl2N3O2. The number of carbonyl (C=O) groups excluding carboxylic acids is 1. The standard InChI is InChI=1S/C12H17N3O2.2ClH/c13-11(9-4-7-17-8-5-9)12(16)15-10-3-1-2-6-14-10;;/h1-3,6,9,11H,4-5,7-8,13H2,(H,14,15,16);2*1H. The molecule has 19 heavy (non-hydrogen) atoms. The Morgan fingerprint density at radius 2 is 2.05 bits per heavy atom. The first-order valence-electron chi connectivity index (χ1n) is 5.82. The van der Waals surface area contributed by atoms with Gasteiger partial charge in [0.25, 0.3) is 0 Å². The summed E-state index contributed by atoms with van der Waals surface area (Å²) in [5, 5.41) is 2.72. The van der Waals surface area contributed by atoms with Crippen LogP contribution in [0.4, 0.5) is 5.82 Å². The SMILES string of the molecule is Cl.Cl.NC(C(=O)Nc1ccccn1)C1CCOCC1. The third-order valence-corrected chi connectivity index (χ3v) is 2.99. The largest absolute Gasteiger partial charge is 0.381 e. The second-order valence-electron chi connectivity index (χ2n) is 4.18. The Hall–Kier alpha value is -0.880. The van der Waals surface area contributed by atoms with Crippen molar-refractivity contribution in [1.29, 1.82) is 0 Å². The number of ether oxygens (including phenoxy) is 1. The van der Waals surface area contributed by atoms with E-state index in [9.17, 15) is 4.79 Å². The van der Waals surface area contributed by atoms with E-state index < -0.39 is 6.04 Å². The van der Waals surface area contributed by atoms with Crippen LogP contribution in [0, 0.1) is 5.92 Å². The van der Waals surface area contributed by atoms with Crippen molar-refractivity contribution < 1.29 is 9.53 Å². The number of rotatable bonds is 3. The molecule has 1 aliphatic heterocycles. The predicted octanol–water partition coefficient (Wildman–Crippen LogP) is 1.62. The fraction of sp³-hybridized carbons (Fsp3) is 0.500. The summed E-state index contributed by atoms with van der Waals surface area (Å²) in [4.78, 5) is 15.9. The summed E-state index contributed by atoms with van der Waals surface area (Å²) < 4.78 is 5.25. The zero-order valence-electron chi connectivity index (χ0n) is 10.5. The maximum absolute atomic E-state index is 11.9. The van der Waals surface area contributed by atoms with Gasteiger partial charge in [-0.15, -0.1) is 24.8 Å². The second kappa shape index (κ2) is 9.09. The van der Waals surface area contributed by atoms with Crippen molar-refractivity contribution in [3.05, 3.63) is 24.4 Å². The van der Waals surface area contributed by atoms with E-state index in [1.807, 2.05) is 6.07 Å². The van der Waals surface area contributed by atoms with Gasteiger partial charge in [0.2, 0.25) is 5.91 Å². The van der Waals surface area contributed by atoms with Gasteiger partial charge in [-0.3, -0.25) is 4.79 Å². The van der Waals surface area contributed by atoms with Crippen LogP contribution < -0.4 is 11.1 Å². The highest BCUT2D eigenvalue weighted by molar-refractivity contribution is 5.94. The molecule has 2 rings (SSSR count). The summed E-state index contributed by atoms with van der Waals surface area (Å²) >= 11 is 0. The number of aromatic nitrogens is 1. The smallest absolute Gasteiger partial charge is 0.242 e. The van der Waals surface area contributed by atoms with Crippen LogP contribution >= 0.6 is 24.8 Å². The molecule has 1 fully saturated rings. The Morgan fingerprint density at radius 1 is 1.37 bits per heavy atom. The van der Waals surface area contributed by atoms with Gasteiger partial charge in [0.1, 0.15) is 5.82 Å². The maximum Gasteiger partial charge on any atom is 0.242 e.